The minimum Gasteiger partial charge on any atom is -0.478 e. The molecule has 5 nitrogen and oxygen atoms in total. The third-order valence-electron chi connectivity index (χ3n) is 2.64. The van der Waals surface area contributed by atoms with E-state index in [0.717, 1.165) is 12.1 Å². The second-order valence-corrected chi connectivity index (χ2v) is 6.85. The van der Waals surface area contributed by atoms with Crippen LogP contribution < -0.4 is 0 Å². The van der Waals surface area contributed by atoms with Crippen molar-refractivity contribution in [1.29, 1.82) is 0 Å². The summed E-state index contributed by atoms with van der Waals surface area (Å²) in [6.07, 6.45) is 0. The van der Waals surface area contributed by atoms with Crippen molar-refractivity contribution in [2.24, 2.45) is 0 Å². The number of aromatic nitrogens is 1. The summed E-state index contributed by atoms with van der Waals surface area (Å²) >= 11 is 1.26. The minimum atomic E-state index is -3.76. The molecule has 0 saturated carbocycles. The molecule has 0 spiro atoms. The van der Waals surface area contributed by atoms with Crippen molar-refractivity contribution in [1.82, 2.24) is 4.98 Å². The number of rotatable bonds is 4. The van der Waals surface area contributed by atoms with Crippen molar-refractivity contribution in [2.45, 2.75) is 17.6 Å². The first kappa shape index (κ1) is 14.6. The zero-order valence-electron chi connectivity index (χ0n) is 10.3. The number of hydrogen-bond acceptors (Lipinski definition) is 5. The Bertz CT molecular complexity index is 754. The van der Waals surface area contributed by atoms with E-state index < -0.39 is 27.2 Å². The lowest BCUT2D eigenvalue weighted by Gasteiger charge is -2.07. The zero-order valence-corrected chi connectivity index (χ0v) is 12.0. The molecule has 0 aliphatic carbocycles. The number of aryl methyl sites for hydroxylation is 1. The summed E-state index contributed by atoms with van der Waals surface area (Å²) in [5.41, 5.74) is 1.20. The minimum absolute atomic E-state index is 0.0262. The number of nitrogens with zero attached hydrogens (tertiary/aromatic N) is 1. The number of hydrogen-bond donors (Lipinski definition) is 1. The average Bonchev–Trinajstić information content (AvgIpc) is 2.83. The second-order valence-electron chi connectivity index (χ2n) is 4.15. The Labute approximate surface area is 118 Å². The summed E-state index contributed by atoms with van der Waals surface area (Å²) in [5, 5.41) is 10.5. The lowest BCUT2D eigenvalue weighted by Crippen LogP contribution is -2.10. The predicted octanol–water partition coefficient (Wildman–Crippen LogP) is 2.26. The van der Waals surface area contributed by atoms with E-state index in [2.05, 4.69) is 4.98 Å². The Kier molecular flexibility index (Phi) is 3.87. The van der Waals surface area contributed by atoms with E-state index in [4.69, 9.17) is 5.11 Å². The Balaban J connectivity index is 2.49. The van der Waals surface area contributed by atoms with E-state index in [1.165, 1.54) is 23.8 Å². The molecule has 20 heavy (non-hydrogen) atoms. The highest BCUT2D eigenvalue weighted by molar-refractivity contribution is 7.90. The number of halogens is 1. The maximum absolute atomic E-state index is 13.6. The SMILES string of the molecule is Cc1cc(S(=O)(=O)Cc2cscn2)cc(C(=O)O)c1F. The molecule has 1 N–H and O–H groups in total. The van der Waals surface area contributed by atoms with Gasteiger partial charge >= 0.3 is 5.97 Å². The van der Waals surface area contributed by atoms with E-state index in [1.807, 2.05) is 0 Å². The fourth-order valence-corrected chi connectivity index (χ4v) is 3.69. The number of benzene rings is 1. The zero-order chi connectivity index (χ0) is 14.9. The number of carbonyl (C=O) groups is 1. The Morgan fingerprint density at radius 2 is 2.15 bits per heavy atom. The molecule has 0 atom stereocenters. The summed E-state index contributed by atoms with van der Waals surface area (Å²) in [6, 6.07) is 1.97. The van der Waals surface area contributed by atoms with Gasteiger partial charge in [-0.2, -0.15) is 0 Å². The second kappa shape index (κ2) is 5.29. The van der Waals surface area contributed by atoms with E-state index in [0.29, 0.717) is 5.69 Å². The molecule has 1 aromatic carbocycles. The maximum atomic E-state index is 13.6. The highest BCUT2D eigenvalue weighted by atomic mass is 32.2. The first-order valence-electron chi connectivity index (χ1n) is 5.44. The standard InChI is InChI=1S/C12H10FNO4S2/c1-7-2-9(3-10(11(7)13)12(15)16)20(17,18)5-8-4-19-6-14-8/h2-4,6H,5H2,1H3,(H,15,16). The van der Waals surface area contributed by atoms with Gasteiger partial charge < -0.3 is 5.11 Å². The molecule has 106 valence electrons. The van der Waals surface area contributed by atoms with Crippen LogP contribution in [0.2, 0.25) is 0 Å². The summed E-state index contributed by atoms with van der Waals surface area (Å²) < 4.78 is 38.0. The highest BCUT2D eigenvalue weighted by Gasteiger charge is 2.22. The lowest BCUT2D eigenvalue weighted by atomic mass is 10.1. The van der Waals surface area contributed by atoms with Crippen molar-refractivity contribution in [3.63, 3.8) is 0 Å². The van der Waals surface area contributed by atoms with Crippen molar-refractivity contribution in [2.75, 3.05) is 0 Å². The van der Waals surface area contributed by atoms with Crippen LogP contribution in [0.5, 0.6) is 0 Å². The quantitative estimate of drug-likeness (QED) is 0.875. The number of sulfone groups is 1. The smallest absolute Gasteiger partial charge is 0.338 e. The monoisotopic (exact) mass is 315 g/mol. The van der Waals surface area contributed by atoms with E-state index >= 15 is 0 Å². The topological polar surface area (TPSA) is 84.3 Å². The van der Waals surface area contributed by atoms with Crippen molar-refractivity contribution >= 4 is 27.1 Å². The summed E-state index contributed by atoms with van der Waals surface area (Å²) in [6.45, 7) is 1.32. The maximum Gasteiger partial charge on any atom is 0.338 e. The molecular weight excluding hydrogens is 305 g/mol. The van der Waals surface area contributed by atoms with Crippen LogP contribution in [0, 0.1) is 12.7 Å². The molecule has 0 radical (unpaired) electrons. The van der Waals surface area contributed by atoms with Gasteiger partial charge in [-0.1, -0.05) is 0 Å². The Hall–Kier alpha value is -1.80. The van der Waals surface area contributed by atoms with Gasteiger partial charge in [0, 0.05) is 5.38 Å². The first-order chi connectivity index (χ1) is 9.31. The van der Waals surface area contributed by atoms with Crippen LogP contribution in [0.3, 0.4) is 0 Å². The fraction of sp³-hybridized carbons (Fsp3) is 0.167. The Morgan fingerprint density at radius 3 is 2.70 bits per heavy atom. The number of thiazole rings is 1. The summed E-state index contributed by atoms with van der Waals surface area (Å²) in [7, 11) is -3.76. The normalized spacial score (nSPS) is 11.5. The van der Waals surface area contributed by atoms with Gasteiger partial charge in [-0.05, 0) is 24.6 Å². The predicted molar refractivity (Wildman–Crippen MR) is 71.1 cm³/mol. The molecule has 0 unspecified atom stereocenters. The number of aromatic carboxylic acids is 1. The lowest BCUT2D eigenvalue weighted by molar-refractivity contribution is 0.0691. The molecule has 0 bridgehead atoms. The van der Waals surface area contributed by atoms with Crippen molar-refractivity contribution in [3.05, 3.63) is 45.7 Å². The van der Waals surface area contributed by atoms with E-state index in [-0.39, 0.29) is 16.2 Å². The van der Waals surface area contributed by atoms with Gasteiger partial charge in [0.2, 0.25) is 0 Å². The van der Waals surface area contributed by atoms with Gasteiger partial charge in [0.15, 0.2) is 9.84 Å². The summed E-state index contributed by atoms with van der Waals surface area (Å²) in [4.78, 5) is 14.6. The van der Waals surface area contributed by atoms with E-state index in [9.17, 15) is 17.6 Å². The van der Waals surface area contributed by atoms with Crippen LogP contribution in [0.1, 0.15) is 21.6 Å². The molecular formula is C12H10FNO4S2. The van der Waals surface area contributed by atoms with Gasteiger partial charge in [0.05, 0.1) is 27.4 Å². The van der Waals surface area contributed by atoms with Gasteiger partial charge in [0.25, 0.3) is 0 Å². The van der Waals surface area contributed by atoms with Gasteiger partial charge in [-0.15, -0.1) is 11.3 Å². The molecule has 2 aromatic rings. The molecule has 0 aliphatic heterocycles. The van der Waals surface area contributed by atoms with Crippen LogP contribution in [0.15, 0.2) is 27.9 Å². The molecule has 1 aromatic heterocycles. The van der Waals surface area contributed by atoms with Crippen molar-refractivity contribution in [3.8, 4) is 0 Å². The molecule has 1 heterocycles. The largest absolute Gasteiger partial charge is 0.478 e. The van der Waals surface area contributed by atoms with Crippen LogP contribution in [0.25, 0.3) is 0 Å². The highest BCUT2D eigenvalue weighted by Crippen LogP contribution is 2.22. The van der Waals surface area contributed by atoms with E-state index in [1.54, 1.807) is 5.38 Å². The van der Waals surface area contributed by atoms with Crippen LogP contribution in [0.4, 0.5) is 4.39 Å². The van der Waals surface area contributed by atoms with Crippen LogP contribution in [-0.2, 0) is 15.6 Å². The van der Waals surface area contributed by atoms with Crippen LogP contribution >= 0.6 is 11.3 Å². The van der Waals surface area contributed by atoms with Crippen LogP contribution in [-0.4, -0.2) is 24.5 Å². The third-order valence-corrected chi connectivity index (χ3v) is 4.90. The van der Waals surface area contributed by atoms with Gasteiger partial charge in [-0.3, -0.25) is 0 Å². The molecule has 0 amide bonds. The Morgan fingerprint density at radius 1 is 1.45 bits per heavy atom. The molecule has 0 fully saturated rings. The average molecular weight is 315 g/mol. The summed E-state index contributed by atoms with van der Waals surface area (Å²) in [5.74, 6) is -2.78. The fourth-order valence-electron chi connectivity index (χ4n) is 1.66. The number of carboxylic acids is 1. The molecule has 2 rings (SSSR count). The number of carboxylic acid groups (broad SMARTS) is 1. The molecule has 0 aliphatic rings. The molecule has 0 saturated heterocycles. The van der Waals surface area contributed by atoms with Crippen molar-refractivity contribution < 1.29 is 22.7 Å². The third kappa shape index (κ3) is 2.86. The van der Waals surface area contributed by atoms with Gasteiger partial charge in [0.1, 0.15) is 5.82 Å². The van der Waals surface area contributed by atoms with Gasteiger partial charge in [-0.25, -0.2) is 22.6 Å². The molecule has 8 heteroatoms. The first-order valence-corrected chi connectivity index (χ1v) is 8.04.